The summed E-state index contributed by atoms with van der Waals surface area (Å²) >= 11 is 0. The van der Waals surface area contributed by atoms with Crippen LogP contribution in [0.3, 0.4) is 0 Å². The van der Waals surface area contributed by atoms with Gasteiger partial charge in [-0.2, -0.15) is 13.2 Å². The molecule has 0 radical (unpaired) electrons. The first kappa shape index (κ1) is 50.9. The van der Waals surface area contributed by atoms with Gasteiger partial charge in [0, 0.05) is 101 Å². The topological polar surface area (TPSA) is 152 Å². The van der Waals surface area contributed by atoms with Crippen molar-refractivity contribution in [3.63, 3.8) is 0 Å². The molecule has 4 rings (SSSR count). The molecular weight excluding hydrogens is 834 g/mol. The molecule has 0 bridgehead atoms. The van der Waals surface area contributed by atoms with Crippen LogP contribution in [0.25, 0.3) is 11.3 Å². The van der Waals surface area contributed by atoms with Crippen LogP contribution in [0.15, 0.2) is 85.1 Å². The molecule has 3 aromatic carbocycles. The smallest absolute Gasteiger partial charge is 0.383 e. The number of nitrogens with zero attached hydrogens (tertiary/aromatic N) is 4. The van der Waals surface area contributed by atoms with Crippen LogP contribution < -0.4 is 15.5 Å². The maximum absolute atomic E-state index is 13.9. The Morgan fingerprint density at radius 3 is 2.11 bits per heavy atom. The first-order chi connectivity index (χ1) is 30.9. The summed E-state index contributed by atoms with van der Waals surface area (Å²) in [6.07, 6.45) is -1.88. The van der Waals surface area contributed by atoms with E-state index in [9.17, 15) is 32.3 Å². The van der Waals surface area contributed by atoms with Crippen LogP contribution in [0.1, 0.15) is 62.5 Å². The number of benzene rings is 3. The van der Waals surface area contributed by atoms with Gasteiger partial charge in [-0.25, -0.2) is 0 Å². The summed E-state index contributed by atoms with van der Waals surface area (Å²) in [4.78, 5) is 61.5. The number of carbonyl (C=O) groups excluding carboxylic acids is 4. The van der Waals surface area contributed by atoms with E-state index in [2.05, 4.69) is 25.4 Å². The zero-order chi connectivity index (χ0) is 46.3. The third-order valence-corrected chi connectivity index (χ3v) is 10.1. The number of aldehydes is 1. The summed E-state index contributed by atoms with van der Waals surface area (Å²) < 4.78 is 61.6. The van der Waals surface area contributed by atoms with Crippen LogP contribution in [0.5, 0.6) is 0 Å². The van der Waals surface area contributed by atoms with Gasteiger partial charge in [0.2, 0.25) is 0 Å². The quantitative estimate of drug-likeness (QED) is 0.0478. The molecule has 0 fully saturated rings. The fourth-order valence-corrected chi connectivity index (χ4v) is 6.52. The fourth-order valence-electron chi connectivity index (χ4n) is 6.52. The van der Waals surface area contributed by atoms with Gasteiger partial charge in [-0.05, 0) is 80.1 Å². The average Bonchev–Trinajstić information content (AvgIpc) is 3.30. The number of hydrogen-bond donors (Lipinski definition) is 2. The van der Waals surface area contributed by atoms with E-state index in [4.69, 9.17) is 18.9 Å². The number of methoxy groups -OCH3 is 1. The Bertz CT molecular complexity index is 2100. The number of aromatic nitrogens is 1. The van der Waals surface area contributed by atoms with Crippen LogP contribution in [-0.2, 0) is 36.5 Å². The second-order valence-electron chi connectivity index (χ2n) is 14.6. The Morgan fingerprint density at radius 1 is 0.734 bits per heavy atom. The van der Waals surface area contributed by atoms with Crippen molar-refractivity contribution in [1.29, 1.82) is 0 Å². The summed E-state index contributed by atoms with van der Waals surface area (Å²) in [5, 5.41) is 5.66. The second kappa shape index (κ2) is 26.8. The van der Waals surface area contributed by atoms with Crippen molar-refractivity contribution in [3.8, 4) is 11.3 Å². The second-order valence-corrected chi connectivity index (χ2v) is 14.6. The summed E-state index contributed by atoms with van der Waals surface area (Å²) in [7, 11) is 3.33. The van der Waals surface area contributed by atoms with Gasteiger partial charge in [-0.15, -0.1) is 0 Å². The monoisotopic (exact) mass is 892 g/mol. The standard InChI is InChI=1S/C47H59F3N6O8/c1-5-56(6-2)40-14-15-42(41(33-40)43-32-37(16-17-51-43)44(58)52-34-35-10-7-13-39(30-35)47(48,49)50)53-45(59)36-11-8-12-38(31-36)46(60)54(3)18-19-55(20-24-61-4)21-25-63-27-29-64-28-26-62-23-9-22-57/h7-8,10-17,22,30-33H,5-6,9,18-21,23-29,34H2,1-4H3,(H,52,58)(H,53,59). The van der Waals surface area contributed by atoms with Gasteiger partial charge in [0.15, 0.2) is 0 Å². The number of halogens is 3. The van der Waals surface area contributed by atoms with Gasteiger partial charge in [-0.3, -0.25) is 24.3 Å². The van der Waals surface area contributed by atoms with Crippen molar-refractivity contribution in [2.24, 2.45) is 0 Å². The highest BCUT2D eigenvalue weighted by Gasteiger charge is 2.30. The lowest BCUT2D eigenvalue weighted by Gasteiger charge is -2.25. The van der Waals surface area contributed by atoms with Gasteiger partial charge in [0.1, 0.15) is 6.29 Å². The molecule has 0 aliphatic rings. The number of carbonyl (C=O) groups is 4. The molecular formula is C47H59F3N6O8. The highest BCUT2D eigenvalue weighted by molar-refractivity contribution is 6.08. The molecule has 346 valence electrons. The van der Waals surface area contributed by atoms with Gasteiger partial charge in [0.25, 0.3) is 17.7 Å². The Labute approximate surface area is 373 Å². The molecule has 2 N–H and O–H groups in total. The van der Waals surface area contributed by atoms with Gasteiger partial charge < -0.3 is 44.2 Å². The summed E-state index contributed by atoms with van der Waals surface area (Å²) in [5.41, 5.74) is 2.48. The Balaban J connectivity index is 1.41. The van der Waals surface area contributed by atoms with Crippen LogP contribution in [0.2, 0.25) is 0 Å². The number of hydrogen-bond acceptors (Lipinski definition) is 11. The summed E-state index contributed by atoms with van der Waals surface area (Å²) in [6, 6.07) is 19.8. The zero-order valence-corrected chi connectivity index (χ0v) is 37.0. The Kier molecular flexibility index (Phi) is 21.3. The van der Waals surface area contributed by atoms with Crippen LogP contribution in [-0.4, -0.2) is 138 Å². The molecule has 0 spiro atoms. The largest absolute Gasteiger partial charge is 0.416 e. The molecule has 1 aromatic heterocycles. The minimum Gasteiger partial charge on any atom is -0.383 e. The number of pyridine rings is 1. The minimum absolute atomic E-state index is 0.125. The lowest BCUT2D eigenvalue weighted by molar-refractivity contribution is -0.137. The lowest BCUT2D eigenvalue weighted by atomic mass is 10.0. The van der Waals surface area contributed by atoms with Crippen LogP contribution in [0.4, 0.5) is 24.5 Å². The minimum atomic E-state index is -4.51. The van der Waals surface area contributed by atoms with Crippen molar-refractivity contribution in [1.82, 2.24) is 20.1 Å². The molecule has 4 aromatic rings. The van der Waals surface area contributed by atoms with Gasteiger partial charge in [-0.1, -0.05) is 18.2 Å². The number of nitrogens with one attached hydrogen (secondary N) is 2. The Morgan fingerprint density at radius 2 is 1.41 bits per heavy atom. The van der Waals surface area contributed by atoms with E-state index < -0.39 is 23.6 Å². The number of anilines is 2. The van der Waals surface area contributed by atoms with E-state index in [0.29, 0.717) is 120 Å². The van der Waals surface area contributed by atoms with Crippen molar-refractivity contribution < 1.29 is 51.3 Å². The molecule has 0 aliphatic carbocycles. The van der Waals surface area contributed by atoms with E-state index in [1.54, 1.807) is 55.5 Å². The van der Waals surface area contributed by atoms with Crippen molar-refractivity contribution in [2.75, 3.05) is 110 Å². The van der Waals surface area contributed by atoms with Crippen LogP contribution in [0, 0.1) is 0 Å². The number of likely N-dealkylation sites (N-methyl/N-ethyl adjacent to an activating group) is 1. The third-order valence-electron chi connectivity index (χ3n) is 10.1. The predicted molar refractivity (Wildman–Crippen MR) is 239 cm³/mol. The molecule has 14 nitrogen and oxygen atoms in total. The first-order valence-corrected chi connectivity index (χ1v) is 21.2. The predicted octanol–water partition coefficient (Wildman–Crippen LogP) is 6.46. The first-order valence-electron chi connectivity index (χ1n) is 21.2. The third kappa shape index (κ3) is 16.4. The summed E-state index contributed by atoms with van der Waals surface area (Å²) in [6.45, 7) is 10.6. The number of amides is 3. The van der Waals surface area contributed by atoms with E-state index in [0.717, 1.165) is 24.1 Å². The molecule has 3 amide bonds. The number of alkyl halides is 3. The molecule has 1 heterocycles. The van der Waals surface area contributed by atoms with E-state index >= 15 is 0 Å². The SMILES string of the molecule is CCN(CC)c1ccc(NC(=O)c2cccc(C(=O)N(C)CCN(CCOC)CCOCCOCCOCCC=O)c2)c(-c2cc(C(=O)NCc3cccc(C(F)(F)F)c3)ccn2)c1. The molecule has 0 atom stereocenters. The summed E-state index contributed by atoms with van der Waals surface area (Å²) in [5.74, 6) is -1.25. The van der Waals surface area contributed by atoms with Crippen molar-refractivity contribution >= 4 is 35.4 Å². The highest BCUT2D eigenvalue weighted by atomic mass is 19.4. The van der Waals surface area contributed by atoms with Gasteiger partial charge >= 0.3 is 6.18 Å². The maximum Gasteiger partial charge on any atom is 0.416 e. The number of ether oxygens (including phenoxy) is 4. The molecule has 0 saturated carbocycles. The van der Waals surface area contributed by atoms with Gasteiger partial charge in [0.05, 0.1) is 63.2 Å². The average molecular weight is 893 g/mol. The van der Waals surface area contributed by atoms with E-state index in [1.807, 2.05) is 26.0 Å². The molecule has 0 aliphatic heterocycles. The zero-order valence-electron chi connectivity index (χ0n) is 37.0. The molecule has 17 heteroatoms. The normalized spacial score (nSPS) is 11.4. The highest BCUT2D eigenvalue weighted by Crippen LogP contribution is 2.33. The fraction of sp³-hybridized carbons (Fsp3) is 0.426. The lowest BCUT2D eigenvalue weighted by Crippen LogP contribution is -2.39. The van der Waals surface area contributed by atoms with E-state index in [1.165, 1.54) is 24.4 Å². The molecule has 64 heavy (non-hydrogen) atoms. The number of rotatable bonds is 28. The van der Waals surface area contributed by atoms with Crippen LogP contribution >= 0.6 is 0 Å². The molecule has 0 saturated heterocycles. The molecule has 0 unspecified atom stereocenters. The Hall–Kier alpha value is -5.72. The van der Waals surface area contributed by atoms with E-state index in [-0.39, 0.29) is 23.6 Å². The van der Waals surface area contributed by atoms with Crippen molar-refractivity contribution in [2.45, 2.75) is 33.0 Å². The van der Waals surface area contributed by atoms with Crippen molar-refractivity contribution in [3.05, 3.63) is 113 Å². The maximum atomic E-state index is 13.9.